The highest BCUT2D eigenvalue weighted by Crippen LogP contribution is 2.44. The van der Waals surface area contributed by atoms with Crippen LogP contribution in [0, 0.1) is 22.7 Å². The maximum Gasteiger partial charge on any atom is 0.126 e. The molecule has 5 heteroatoms. The molecule has 0 bridgehead atoms. The summed E-state index contributed by atoms with van der Waals surface area (Å²) in [5.74, 6) is 0.828. The Morgan fingerprint density at radius 1 is 1.18 bits per heavy atom. The molecule has 2 fully saturated rings. The van der Waals surface area contributed by atoms with Gasteiger partial charge in [-0.3, -0.25) is 0 Å². The molecule has 216 valence electrons. The van der Waals surface area contributed by atoms with Crippen molar-refractivity contribution in [1.29, 1.82) is 5.26 Å². The quantitative estimate of drug-likeness (QED) is 0.308. The Morgan fingerprint density at radius 3 is 2.33 bits per heavy atom. The van der Waals surface area contributed by atoms with E-state index in [1.807, 2.05) is 6.20 Å². The fraction of sp³-hybridized carbons (Fsp3) is 0.588. The van der Waals surface area contributed by atoms with Gasteiger partial charge in [0.2, 0.25) is 0 Å². The Balaban J connectivity index is 0.00000181. The number of hydrogen-bond acceptors (Lipinski definition) is 5. The van der Waals surface area contributed by atoms with Gasteiger partial charge in [-0.25, -0.2) is 4.98 Å². The molecule has 2 atom stereocenters. The molecule has 0 aliphatic carbocycles. The number of nitrogens with one attached hydrogen (secondary N) is 1. The van der Waals surface area contributed by atoms with E-state index in [-0.39, 0.29) is 17.4 Å². The van der Waals surface area contributed by atoms with Gasteiger partial charge in [0.05, 0.1) is 12.0 Å². The molecule has 0 spiro atoms. The van der Waals surface area contributed by atoms with Crippen LogP contribution in [0.4, 0.5) is 5.82 Å². The molecule has 1 aromatic rings. The van der Waals surface area contributed by atoms with Crippen LogP contribution in [0.5, 0.6) is 0 Å². The molecule has 0 amide bonds. The van der Waals surface area contributed by atoms with Gasteiger partial charge in [-0.05, 0) is 88.3 Å². The number of likely N-dealkylation sites (tertiary alicyclic amines) is 2. The monoisotopic (exact) mass is 533 g/mol. The van der Waals surface area contributed by atoms with Crippen molar-refractivity contribution in [2.75, 3.05) is 38.5 Å². The third kappa shape index (κ3) is 9.48. The van der Waals surface area contributed by atoms with Gasteiger partial charge in [-0.2, -0.15) is 5.26 Å². The molecule has 0 aromatic carbocycles. The Morgan fingerprint density at radius 2 is 1.79 bits per heavy atom. The van der Waals surface area contributed by atoms with E-state index in [9.17, 15) is 5.26 Å². The van der Waals surface area contributed by atoms with Crippen LogP contribution in [0.3, 0.4) is 0 Å². The van der Waals surface area contributed by atoms with Gasteiger partial charge >= 0.3 is 0 Å². The Bertz CT molecular complexity index is 929. The lowest BCUT2D eigenvalue weighted by atomic mass is 9.71. The van der Waals surface area contributed by atoms with Crippen LogP contribution < -0.4 is 5.32 Å². The summed E-state index contributed by atoms with van der Waals surface area (Å²) >= 11 is 0. The third-order valence-electron chi connectivity index (χ3n) is 8.31. The third-order valence-corrected chi connectivity index (χ3v) is 8.31. The van der Waals surface area contributed by atoms with E-state index in [0.29, 0.717) is 0 Å². The average molecular weight is 534 g/mol. The van der Waals surface area contributed by atoms with Gasteiger partial charge in [0.1, 0.15) is 5.82 Å². The Hall–Kier alpha value is -2.68. The molecule has 39 heavy (non-hydrogen) atoms. The van der Waals surface area contributed by atoms with Gasteiger partial charge in [-0.15, -0.1) is 26.3 Å². The fourth-order valence-electron chi connectivity index (χ4n) is 5.91. The molecular formula is C34H55N5. The lowest BCUT2D eigenvalue weighted by molar-refractivity contribution is 0.102. The van der Waals surface area contributed by atoms with Crippen molar-refractivity contribution in [2.45, 2.75) is 84.7 Å². The van der Waals surface area contributed by atoms with E-state index in [4.69, 9.17) is 4.98 Å². The van der Waals surface area contributed by atoms with Crippen molar-refractivity contribution in [3.05, 3.63) is 62.4 Å². The second kappa shape index (κ2) is 17.8. The SMILES string of the molecule is C=C.C=C.C=C(c1cc(NC2CCN(C)C[C@H]2C#N)ncc1/C=C\C)C1(C)CCN(C(CCC)CCC)CC1. The molecule has 5 nitrogen and oxygen atoms in total. The van der Waals surface area contributed by atoms with Gasteiger partial charge < -0.3 is 15.1 Å². The topological polar surface area (TPSA) is 55.2 Å². The highest BCUT2D eigenvalue weighted by Gasteiger charge is 2.36. The van der Waals surface area contributed by atoms with Gasteiger partial charge in [0, 0.05) is 30.4 Å². The first kappa shape index (κ1) is 34.3. The molecule has 1 unspecified atom stereocenters. The molecule has 2 aliphatic rings. The first-order valence-electron chi connectivity index (χ1n) is 14.8. The Kier molecular flexibility index (Phi) is 15.7. The smallest absolute Gasteiger partial charge is 0.126 e. The second-order valence-electron chi connectivity index (χ2n) is 11.0. The molecule has 2 aliphatic heterocycles. The summed E-state index contributed by atoms with van der Waals surface area (Å²) in [6, 6.07) is 5.53. The number of hydrogen-bond donors (Lipinski definition) is 1. The number of nitrogens with zero attached hydrogens (tertiary/aromatic N) is 4. The standard InChI is InChI=1S/C30H47N5.2C2H4/c1-7-10-24-21-32-29(33-28-13-16-34(6)22-25(28)20-31)19-27(24)23(4)30(5)14-17-35(18-15-30)26(11-8-2)12-9-3;2*1-2/h7,10,19,21,25-26,28H,4,8-9,11-18,22H2,1-3,5-6H3,(H,32,33);2*1-2H2/b10-7-;;/t25-,28?;;/m1../s1. The molecular weight excluding hydrogens is 478 g/mol. The van der Waals surface area contributed by atoms with E-state index >= 15 is 0 Å². The largest absolute Gasteiger partial charge is 0.366 e. The summed E-state index contributed by atoms with van der Waals surface area (Å²) in [6.45, 7) is 29.8. The van der Waals surface area contributed by atoms with E-state index in [1.165, 1.54) is 36.8 Å². The molecule has 2 saturated heterocycles. The molecule has 0 radical (unpaired) electrons. The number of piperidine rings is 2. The van der Waals surface area contributed by atoms with Crippen LogP contribution in [0.25, 0.3) is 11.6 Å². The minimum atomic E-state index is -0.0292. The zero-order valence-electron chi connectivity index (χ0n) is 25.6. The summed E-state index contributed by atoms with van der Waals surface area (Å²) in [7, 11) is 2.09. The summed E-state index contributed by atoms with van der Waals surface area (Å²) in [5.41, 5.74) is 3.62. The fourth-order valence-corrected chi connectivity index (χ4v) is 5.91. The van der Waals surface area contributed by atoms with Crippen molar-refractivity contribution in [3.63, 3.8) is 0 Å². The summed E-state index contributed by atoms with van der Waals surface area (Å²) in [5, 5.41) is 13.3. The van der Waals surface area contributed by atoms with Gasteiger partial charge in [-0.1, -0.05) is 52.3 Å². The number of nitriles is 1. The maximum atomic E-state index is 9.68. The van der Waals surface area contributed by atoms with Crippen LogP contribution >= 0.6 is 0 Å². The van der Waals surface area contributed by atoms with Crippen LogP contribution in [0.15, 0.2) is 51.2 Å². The van der Waals surface area contributed by atoms with E-state index in [2.05, 4.69) is 107 Å². The highest BCUT2D eigenvalue weighted by atomic mass is 15.2. The zero-order valence-corrected chi connectivity index (χ0v) is 25.6. The number of anilines is 1. The minimum Gasteiger partial charge on any atom is -0.366 e. The Labute approximate surface area is 240 Å². The number of aromatic nitrogens is 1. The van der Waals surface area contributed by atoms with Crippen molar-refractivity contribution >= 4 is 17.5 Å². The van der Waals surface area contributed by atoms with Crippen molar-refractivity contribution in [3.8, 4) is 6.07 Å². The first-order valence-corrected chi connectivity index (χ1v) is 14.8. The molecule has 3 rings (SSSR count). The van der Waals surface area contributed by atoms with E-state index < -0.39 is 0 Å². The van der Waals surface area contributed by atoms with Crippen LogP contribution in [-0.4, -0.2) is 60.1 Å². The predicted octanol–water partition coefficient (Wildman–Crippen LogP) is 8.06. The minimum absolute atomic E-state index is 0.0292. The highest BCUT2D eigenvalue weighted by molar-refractivity contribution is 5.77. The normalized spacial score (nSPS) is 21.3. The number of pyridine rings is 1. The van der Waals surface area contributed by atoms with E-state index in [0.717, 1.165) is 62.9 Å². The maximum absolute atomic E-state index is 9.68. The summed E-state index contributed by atoms with van der Waals surface area (Å²) in [6.07, 6.45) is 14.5. The molecule has 3 heterocycles. The lowest BCUT2D eigenvalue weighted by Crippen LogP contribution is -2.44. The summed E-state index contributed by atoms with van der Waals surface area (Å²) in [4.78, 5) is 9.70. The van der Waals surface area contributed by atoms with Crippen molar-refractivity contribution in [2.24, 2.45) is 11.3 Å². The lowest BCUT2D eigenvalue weighted by Gasteiger charge is -2.44. The second-order valence-corrected chi connectivity index (χ2v) is 11.0. The first-order chi connectivity index (χ1) is 18.8. The summed E-state index contributed by atoms with van der Waals surface area (Å²) < 4.78 is 0. The zero-order chi connectivity index (χ0) is 29.4. The van der Waals surface area contributed by atoms with Gasteiger partial charge in [0.15, 0.2) is 0 Å². The number of allylic oxidation sites excluding steroid dienone is 2. The van der Waals surface area contributed by atoms with Gasteiger partial charge in [0.25, 0.3) is 0 Å². The van der Waals surface area contributed by atoms with Crippen molar-refractivity contribution in [1.82, 2.24) is 14.8 Å². The predicted molar refractivity (Wildman–Crippen MR) is 172 cm³/mol. The van der Waals surface area contributed by atoms with Crippen molar-refractivity contribution < 1.29 is 0 Å². The average Bonchev–Trinajstić information content (AvgIpc) is 2.97. The van der Waals surface area contributed by atoms with Crippen LogP contribution in [-0.2, 0) is 0 Å². The van der Waals surface area contributed by atoms with E-state index in [1.54, 1.807) is 0 Å². The molecule has 1 N–H and O–H groups in total. The molecule has 0 saturated carbocycles. The van der Waals surface area contributed by atoms with Crippen LogP contribution in [0.1, 0.15) is 83.8 Å². The number of rotatable bonds is 10. The molecule has 1 aromatic heterocycles. The van der Waals surface area contributed by atoms with Crippen LogP contribution in [0.2, 0.25) is 0 Å².